The van der Waals surface area contributed by atoms with Crippen molar-refractivity contribution in [1.29, 1.82) is 0 Å². The monoisotopic (exact) mass is 168 g/mol. The lowest BCUT2D eigenvalue weighted by atomic mass is 10.1. The Balaban J connectivity index is 3.19. The summed E-state index contributed by atoms with van der Waals surface area (Å²) in [6.45, 7) is 2.80. The molecule has 64 valence electrons. The Morgan fingerprint density at radius 1 is 1.58 bits per heavy atom. The molecule has 4 nitrogen and oxygen atoms in total. The average molecular weight is 168 g/mol. The summed E-state index contributed by atoms with van der Waals surface area (Å²) in [5.41, 5.74) is -0.275. The minimum absolute atomic E-state index is 0.0465. The highest BCUT2D eigenvalue weighted by Crippen LogP contribution is 2.23. The van der Waals surface area contributed by atoms with E-state index in [4.69, 9.17) is 0 Å². The number of carbonyl (C=O) groups excluding carboxylic acids is 2. The van der Waals surface area contributed by atoms with Crippen LogP contribution in [0.5, 0.6) is 0 Å². The van der Waals surface area contributed by atoms with Gasteiger partial charge in [0.15, 0.2) is 17.3 Å². The summed E-state index contributed by atoms with van der Waals surface area (Å²) < 4.78 is 4.57. The van der Waals surface area contributed by atoms with E-state index in [1.165, 1.54) is 13.0 Å². The average Bonchev–Trinajstić information content (AvgIpc) is 2.25. The van der Waals surface area contributed by atoms with Gasteiger partial charge in [-0.2, -0.15) is 0 Å². The molecule has 1 N–H and O–H groups in total. The minimum atomic E-state index is -0.784. The quantitative estimate of drug-likeness (QED) is 0.465. The van der Waals surface area contributed by atoms with E-state index in [9.17, 15) is 14.7 Å². The van der Waals surface area contributed by atoms with Crippen LogP contribution in [0.1, 0.15) is 13.8 Å². The molecule has 0 bridgehead atoms. The van der Waals surface area contributed by atoms with Crippen LogP contribution in [0.2, 0.25) is 0 Å². The van der Waals surface area contributed by atoms with E-state index in [-0.39, 0.29) is 17.1 Å². The zero-order chi connectivity index (χ0) is 9.30. The van der Waals surface area contributed by atoms with Gasteiger partial charge >= 0.3 is 5.97 Å². The molecule has 0 saturated heterocycles. The van der Waals surface area contributed by atoms with E-state index in [2.05, 4.69) is 4.74 Å². The first kappa shape index (κ1) is 8.52. The van der Waals surface area contributed by atoms with Crippen LogP contribution >= 0.6 is 0 Å². The fraction of sp³-hybridized carbons (Fsp3) is 0.250. The number of cyclic esters (lactones) is 1. The number of aliphatic hydroxyl groups is 1. The van der Waals surface area contributed by atoms with Gasteiger partial charge in [0.2, 0.25) is 0 Å². The molecule has 1 aliphatic rings. The van der Waals surface area contributed by atoms with E-state index < -0.39 is 11.8 Å². The number of ether oxygens (including phenoxy) is 1. The molecule has 0 fully saturated rings. The Hall–Kier alpha value is -1.58. The zero-order valence-corrected chi connectivity index (χ0v) is 6.75. The third-order valence-electron chi connectivity index (χ3n) is 1.49. The maximum absolute atomic E-state index is 10.9. The van der Waals surface area contributed by atoms with Gasteiger partial charge in [-0.15, -0.1) is 0 Å². The van der Waals surface area contributed by atoms with Crippen molar-refractivity contribution < 1.29 is 19.4 Å². The Labute approximate surface area is 69.1 Å². The molecule has 0 aromatic carbocycles. The number of hydrogen-bond donors (Lipinski definition) is 1. The summed E-state index contributed by atoms with van der Waals surface area (Å²) in [6.07, 6.45) is 1.42. The van der Waals surface area contributed by atoms with Gasteiger partial charge in [-0.3, -0.25) is 4.79 Å². The van der Waals surface area contributed by atoms with Crippen LogP contribution in [-0.2, 0) is 14.3 Å². The SMILES string of the molecule is C/C=C1/OC(=O)C(C(C)=O)=C1O. The molecular formula is C8H8O4. The van der Waals surface area contributed by atoms with Crippen molar-refractivity contribution >= 4 is 11.8 Å². The van der Waals surface area contributed by atoms with Crippen LogP contribution in [0.3, 0.4) is 0 Å². The highest BCUT2D eigenvalue weighted by molar-refractivity contribution is 6.19. The third-order valence-corrected chi connectivity index (χ3v) is 1.49. The van der Waals surface area contributed by atoms with Gasteiger partial charge in [0.1, 0.15) is 5.57 Å². The van der Waals surface area contributed by atoms with Crippen molar-refractivity contribution in [3.63, 3.8) is 0 Å². The summed E-state index contributed by atoms with van der Waals surface area (Å²) in [5.74, 6) is -1.59. The molecule has 0 spiro atoms. The number of allylic oxidation sites excluding steroid dienone is 1. The molecule has 12 heavy (non-hydrogen) atoms. The predicted molar refractivity (Wildman–Crippen MR) is 40.2 cm³/mol. The second-order valence-electron chi connectivity index (χ2n) is 2.32. The number of rotatable bonds is 1. The fourth-order valence-electron chi connectivity index (χ4n) is 0.925. The Morgan fingerprint density at radius 3 is 2.42 bits per heavy atom. The molecule has 0 aromatic rings. The van der Waals surface area contributed by atoms with Gasteiger partial charge in [-0.1, -0.05) is 0 Å². The van der Waals surface area contributed by atoms with Gasteiger partial charge in [0.25, 0.3) is 0 Å². The zero-order valence-electron chi connectivity index (χ0n) is 6.75. The number of hydrogen-bond acceptors (Lipinski definition) is 4. The third kappa shape index (κ3) is 1.11. The Kier molecular flexibility index (Phi) is 1.99. The maximum Gasteiger partial charge on any atom is 0.351 e. The highest BCUT2D eigenvalue weighted by atomic mass is 16.6. The standard InChI is InChI=1S/C8H8O4/c1-3-5-7(10)6(4(2)9)8(11)12-5/h3,10H,1-2H3/b5-3+. The molecule has 1 aliphatic heterocycles. The van der Waals surface area contributed by atoms with Crippen LogP contribution < -0.4 is 0 Å². The van der Waals surface area contributed by atoms with Gasteiger partial charge < -0.3 is 9.84 Å². The maximum atomic E-state index is 10.9. The molecular weight excluding hydrogens is 160 g/mol. The van der Waals surface area contributed by atoms with Crippen molar-refractivity contribution in [1.82, 2.24) is 0 Å². The predicted octanol–water partition coefficient (Wildman–Crippen LogP) is 0.848. The van der Waals surface area contributed by atoms with E-state index in [0.29, 0.717) is 0 Å². The Bertz CT molecular complexity index is 309. The van der Waals surface area contributed by atoms with E-state index in [0.717, 1.165) is 0 Å². The van der Waals surface area contributed by atoms with Crippen LogP contribution in [0, 0.1) is 0 Å². The number of carbonyl (C=O) groups is 2. The molecule has 4 heteroatoms. The lowest BCUT2D eigenvalue weighted by Gasteiger charge is -1.92. The lowest BCUT2D eigenvalue weighted by Crippen LogP contribution is -2.06. The molecule has 0 radical (unpaired) electrons. The first-order valence-corrected chi connectivity index (χ1v) is 3.41. The van der Waals surface area contributed by atoms with Crippen LogP contribution in [0.4, 0.5) is 0 Å². The second-order valence-corrected chi connectivity index (χ2v) is 2.32. The molecule has 1 heterocycles. The highest BCUT2D eigenvalue weighted by Gasteiger charge is 2.32. The van der Waals surface area contributed by atoms with E-state index >= 15 is 0 Å². The summed E-state index contributed by atoms with van der Waals surface area (Å²) in [6, 6.07) is 0. The van der Waals surface area contributed by atoms with Crippen LogP contribution in [-0.4, -0.2) is 16.9 Å². The Morgan fingerprint density at radius 2 is 2.17 bits per heavy atom. The normalized spacial score (nSPS) is 20.2. The number of esters is 1. The molecule has 0 unspecified atom stereocenters. The van der Waals surface area contributed by atoms with Crippen molar-refractivity contribution in [2.75, 3.05) is 0 Å². The number of aliphatic hydroxyl groups excluding tert-OH is 1. The smallest absolute Gasteiger partial charge is 0.351 e. The molecule has 0 aromatic heterocycles. The number of Topliss-reactive ketones (excluding diaryl/α,β-unsaturated/α-hetero) is 1. The first-order valence-electron chi connectivity index (χ1n) is 3.41. The van der Waals surface area contributed by atoms with E-state index in [1.807, 2.05) is 0 Å². The first-order chi connectivity index (χ1) is 5.57. The van der Waals surface area contributed by atoms with Crippen molar-refractivity contribution in [3.05, 3.63) is 23.2 Å². The molecule has 1 rings (SSSR count). The fourth-order valence-corrected chi connectivity index (χ4v) is 0.925. The molecule has 0 aliphatic carbocycles. The van der Waals surface area contributed by atoms with E-state index in [1.54, 1.807) is 6.92 Å². The van der Waals surface area contributed by atoms with Crippen LogP contribution in [0.25, 0.3) is 0 Å². The van der Waals surface area contributed by atoms with Gasteiger partial charge in [0, 0.05) is 0 Å². The van der Waals surface area contributed by atoms with Gasteiger partial charge in [0.05, 0.1) is 0 Å². The summed E-state index contributed by atoms with van der Waals surface area (Å²) >= 11 is 0. The molecule has 0 saturated carbocycles. The molecule has 0 amide bonds. The van der Waals surface area contributed by atoms with Crippen molar-refractivity contribution in [2.24, 2.45) is 0 Å². The largest absolute Gasteiger partial charge is 0.504 e. The number of ketones is 1. The summed E-state index contributed by atoms with van der Waals surface area (Å²) in [7, 11) is 0. The van der Waals surface area contributed by atoms with Gasteiger partial charge in [-0.05, 0) is 19.9 Å². The summed E-state index contributed by atoms with van der Waals surface area (Å²) in [4.78, 5) is 21.7. The lowest BCUT2D eigenvalue weighted by molar-refractivity contribution is -0.134. The minimum Gasteiger partial charge on any atom is -0.504 e. The molecule has 0 atom stereocenters. The van der Waals surface area contributed by atoms with Crippen molar-refractivity contribution in [2.45, 2.75) is 13.8 Å². The topological polar surface area (TPSA) is 63.6 Å². The van der Waals surface area contributed by atoms with Crippen LogP contribution in [0.15, 0.2) is 23.2 Å². The van der Waals surface area contributed by atoms with Crippen molar-refractivity contribution in [3.8, 4) is 0 Å². The second kappa shape index (κ2) is 2.81. The van der Waals surface area contributed by atoms with Gasteiger partial charge in [-0.25, -0.2) is 4.79 Å². The summed E-state index contributed by atoms with van der Waals surface area (Å²) in [5, 5.41) is 9.23.